The SMILES string of the molecule is COC(CNC(=O)Cc1coc(-c2cccs2)n1)C(=O)O. The average Bonchev–Trinajstić information content (AvgIpc) is 3.09. The van der Waals surface area contributed by atoms with Crippen molar-refractivity contribution in [2.24, 2.45) is 0 Å². The first kappa shape index (κ1) is 15.2. The van der Waals surface area contributed by atoms with Crippen LogP contribution in [0.3, 0.4) is 0 Å². The van der Waals surface area contributed by atoms with Crippen LogP contribution in [0, 0.1) is 0 Å². The Labute approximate surface area is 124 Å². The number of nitrogens with zero attached hydrogens (tertiary/aromatic N) is 1. The number of carboxylic acids is 1. The second kappa shape index (κ2) is 7.00. The highest BCUT2D eigenvalue weighted by Crippen LogP contribution is 2.23. The lowest BCUT2D eigenvalue weighted by atomic mass is 10.3. The van der Waals surface area contributed by atoms with Crippen LogP contribution in [0.15, 0.2) is 28.2 Å². The zero-order valence-corrected chi connectivity index (χ0v) is 12.1. The molecule has 112 valence electrons. The molecule has 2 N–H and O–H groups in total. The van der Waals surface area contributed by atoms with Crippen LogP contribution in [0.5, 0.6) is 0 Å². The second-order valence-corrected chi connectivity index (χ2v) is 5.11. The molecule has 2 aromatic heterocycles. The number of methoxy groups -OCH3 is 1. The number of rotatable bonds is 7. The lowest BCUT2D eigenvalue weighted by molar-refractivity contribution is -0.148. The van der Waals surface area contributed by atoms with Crippen molar-refractivity contribution in [3.63, 3.8) is 0 Å². The number of ether oxygens (including phenoxy) is 1. The highest BCUT2D eigenvalue weighted by Gasteiger charge is 2.18. The van der Waals surface area contributed by atoms with E-state index in [1.807, 2.05) is 17.5 Å². The third-order valence-corrected chi connectivity index (χ3v) is 3.53. The molecule has 1 amide bonds. The summed E-state index contributed by atoms with van der Waals surface area (Å²) in [7, 11) is 1.27. The van der Waals surface area contributed by atoms with Crippen LogP contribution in [-0.4, -0.2) is 41.7 Å². The largest absolute Gasteiger partial charge is 0.479 e. The minimum atomic E-state index is -1.13. The van der Waals surface area contributed by atoms with Crippen LogP contribution >= 0.6 is 11.3 Å². The van der Waals surface area contributed by atoms with Gasteiger partial charge in [-0.2, -0.15) is 0 Å². The molecule has 0 saturated carbocycles. The Morgan fingerprint density at radius 3 is 3.00 bits per heavy atom. The molecule has 0 spiro atoms. The quantitative estimate of drug-likeness (QED) is 0.796. The van der Waals surface area contributed by atoms with E-state index in [1.165, 1.54) is 24.7 Å². The zero-order valence-electron chi connectivity index (χ0n) is 11.2. The van der Waals surface area contributed by atoms with Crippen LogP contribution in [0.4, 0.5) is 0 Å². The number of thiophene rings is 1. The first-order valence-electron chi connectivity index (χ1n) is 6.10. The minimum absolute atomic E-state index is 0.0188. The van der Waals surface area contributed by atoms with Gasteiger partial charge in [0.15, 0.2) is 6.10 Å². The van der Waals surface area contributed by atoms with Crippen LogP contribution in [0.1, 0.15) is 5.69 Å². The Morgan fingerprint density at radius 2 is 2.38 bits per heavy atom. The van der Waals surface area contributed by atoms with E-state index in [0.29, 0.717) is 11.6 Å². The zero-order chi connectivity index (χ0) is 15.2. The Hall–Kier alpha value is -2.19. The Morgan fingerprint density at radius 1 is 1.57 bits per heavy atom. The van der Waals surface area contributed by atoms with Crippen LogP contribution in [-0.2, 0) is 20.7 Å². The van der Waals surface area contributed by atoms with Gasteiger partial charge in [0.25, 0.3) is 0 Å². The summed E-state index contributed by atoms with van der Waals surface area (Å²) >= 11 is 1.49. The number of oxazole rings is 1. The number of carbonyl (C=O) groups is 2. The number of amides is 1. The molecule has 0 aliphatic carbocycles. The highest BCUT2D eigenvalue weighted by molar-refractivity contribution is 7.13. The molecule has 0 aliphatic rings. The number of carbonyl (C=O) groups excluding carboxylic acids is 1. The topological polar surface area (TPSA) is 102 Å². The number of hydrogen-bond donors (Lipinski definition) is 2. The van der Waals surface area contributed by atoms with Crippen molar-refractivity contribution in [1.29, 1.82) is 0 Å². The van der Waals surface area contributed by atoms with Gasteiger partial charge in [0, 0.05) is 7.11 Å². The molecule has 0 radical (unpaired) electrons. The standard InChI is InChI=1S/C13H14N2O5S/c1-19-9(13(17)18)6-14-11(16)5-8-7-20-12(15-8)10-3-2-4-21-10/h2-4,7,9H,5-6H2,1H3,(H,14,16)(H,17,18). The Bertz CT molecular complexity index is 608. The van der Waals surface area contributed by atoms with E-state index in [9.17, 15) is 9.59 Å². The second-order valence-electron chi connectivity index (χ2n) is 4.16. The van der Waals surface area contributed by atoms with E-state index >= 15 is 0 Å². The summed E-state index contributed by atoms with van der Waals surface area (Å²) in [6, 6.07) is 3.75. The van der Waals surface area contributed by atoms with Gasteiger partial charge in [0.2, 0.25) is 11.8 Å². The molecule has 0 saturated heterocycles. The summed E-state index contributed by atoms with van der Waals surface area (Å²) in [6.45, 7) is -0.0969. The van der Waals surface area contributed by atoms with Crippen LogP contribution < -0.4 is 5.32 Å². The van der Waals surface area contributed by atoms with E-state index in [0.717, 1.165) is 4.88 Å². The predicted molar refractivity (Wildman–Crippen MR) is 75.0 cm³/mol. The fourth-order valence-corrected chi connectivity index (χ4v) is 2.26. The summed E-state index contributed by atoms with van der Waals surface area (Å²) in [6.07, 6.45) is 0.373. The van der Waals surface area contributed by atoms with Crippen molar-refractivity contribution in [2.45, 2.75) is 12.5 Å². The summed E-state index contributed by atoms with van der Waals surface area (Å²) in [5.74, 6) is -1.00. The van der Waals surface area contributed by atoms with Crippen molar-refractivity contribution in [1.82, 2.24) is 10.3 Å². The maximum atomic E-state index is 11.7. The fourth-order valence-electron chi connectivity index (χ4n) is 1.61. The van der Waals surface area contributed by atoms with Gasteiger partial charge in [-0.25, -0.2) is 9.78 Å². The molecule has 0 aromatic carbocycles. The lowest BCUT2D eigenvalue weighted by Crippen LogP contribution is -2.38. The predicted octanol–water partition coefficient (Wildman–Crippen LogP) is 1.16. The van der Waals surface area contributed by atoms with E-state index in [1.54, 1.807) is 0 Å². The van der Waals surface area contributed by atoms with E-state index in [-0.39, 0.29) is 18.9 Å². The molecule has 0 fully saturated rings. The number of aromatic nitrogens is 1. The van der Waals surface area contributed by atoms with Gasteiger partial charge in [-0.3, -0.25) is 4.79 Å². The van der Waals surface area contributed by atoms with Gasteiger partial charge in [-0.05, 0) is 11.4 Å². The van der Waals surface area contributed by atoms with Gasteiger partial charge in [-0.15, -0.1) is 11.3 Å². The molecule has 0 bridgehead atoms. The van der Waals surface area contributed by atoms with E-state index < -0.39 is 12.1 Å². The van der Waals surface area contributed by atoms with Gasteiger partial charge in [0.1, 0.15) is 6.26 Å². The minimum Gasteiger partial charge on any atom is -0.479 e. The van der Waals surface area contributed by atoms with Crippen molar-refractivity contribution in [3.05, 3.63) is 29.5 Å². The van der Waals surface area contributed by atoms with Gasteiger partial charge < -0.3 is 19.6 Å². The molecule has 2 rings (SSSR count). The number of hydrogen-bond acceptors (Lipinski definition) is 6. The smallest absolute Gasteiger partial charge is 0.334 e. The van der Waals surface area contributed by atoms with Crippen molar-refractivity contribution in [2.75, 3.05) is 13.7 Å². The summed E-state index contributed by atoms with van der Waals surface area (Å²) in [5, 5.41) is 13.2. The molecular formula is C13H14N2O5S. The third kappa shape index (κ3) is 4.14. The molecule has 0 aliphatic heterocycles. The summed E-state index contributed by atoms with van der Waals surface area (Å²) < 4.78 is 10.0. The molecule has 1 atom stereocenters. The molecule has 21 heavy (non-hydrogen) atoms. The molecule has 2 aromatic rings. The molecular weight excluding hydrogens is 296 g/mol. The van der Waals surface area contributed by atoms with E-state index in [4.69, 9.17) is 14.3 Å². The van der Waals surface area contributed by atoms with Gasteiger partial charge in [-0.1, -0.05) is 6.07 Å². The molecule has 1 unspecified atom stereocenters. The Kier molecular flexibility index (Phi) is 5.07. The number of aliphatic carboxylic acids is 1. The molecule has 2 heterocycles. The normalized spacial score (nSPS) is 12.0. The maximum absolute atomic E-state index is 11.7. The fraction of sp³-hybridized carbons (Fsp3) is 0.308. The van der Waals surface area contributed by atoms with Crippen LogP contribution in [0.2, 0.25) is 0 Å². The van der Waals surface area contributed by atoms with Crippen LogP contribution in [0.25, 0.3) is 10.8 Å². The molecule has 8 heteroatoms. The first-order valence-corrected chi connectivity index (χ1v) is 6.98. The van der Waals surface area contributed by atoms with Crippen molar-refractivity contribution >= 4 is 23.2 Å². The summed E-state index contributed by atoms with van der Waals surface area (Å²) in [4.78, 5) is 27.5. The van der Waals surface area contributed by atoms with Gasteiger partial charge >= 0.3 is 5.97 Å². The highest BCUT2D eigenvalue weighted by atomic mass is 32.1. The Balaban J connectivity index is 1.87. The molecule has 7 nitrogen and oxygen atoms in total. The van der Waals surface area contributed by atoms with Gasteiger partial charge in [0.05, 0.1) is 23.5 Å². The first-order chi connectivity index (χ1) is 10.1. The number of nitrogens with one attached hydrogen (secondary N) is 1. The summed E-state index contributed by atoms with van der Waals surface area (Å²) in [5.41, 5.74) is 0.486. The van der Waals surface area contributed by atoms with E-state index in [2.05, 4.69) is 10.3 Å². The monoisotopic (exact) mass is 310 g/mol. The average molecular weight is 310 g/mol. The lowest BCUT2D eigenvalue weighted by Gasteiger charge is -2.10. The third-order valence-electron chi connectivity index (χ3n) is 2.67. The van der Waals surface area contributed by atoms with Crippen molar-refractivity contribution in [3.8, 4) is 10.8 Å². The van der Waals surface area contributed by atoms with Crippen molar-refractivity contribution < 1.29 is 23.8 Å². The number of carboxylic acid groups (broad SMARTS) is 1. The maximum Gasteiger partial charge on any atom is 0.334 e.